The largest absolute Gasteiger partial charge is 0.481 e. The van der Waals surface area contributed by atoms with Gasteiger partial charge in [0.05, 0.1) is 11.2 Å². The third kappa shape index (κ3) is 1.98. The van der Waals surface area contributed by atoms with Gasteiger partial charge in [0, 0.05) is 6.42 Å². The van der Waals surface area contributed by atoms with E-state index in [1.54, 1.807) is 6.92 Å². The van der Waals surface area contributed by atoms with Crippen molar-refractivity contribution in [2.45, 2.75) is 38.4 Å². The first-order valence-corrected chi connectivity index (χ1v) is 6.95. The predicted octanol–water partition coefficient (Wildman–Crippen LogP) is 0.634. The molecule has 1 aliphatic rings. The summed E-state index contributed by atoms with van der Waals surface area (Å²) >= 11 is 0. The second kappa shape index (κ2) is 4.16. The highest BCUT2D eigenvalue weighted by Crippen LogP contribution is 2.40. The maximum atomic E-state index is 11.9. The zero-order valence-corrected chi connectivity index (χ0v) is 10.2. The molecule has 0 aromatic carbocycles. The number of aliphatic carboxylic acids is 1. The van der Waals surface area contributed by atoms with Crippen LogP contribution in [0, 0.1) is 5.41 Å². The zero-order valence-electron chi connectivity index (χ0n) is 9.39. The van der Waals surface area contributed by atoms with E-state index < -0.39 is 32.3 Å². The summed E-state index contributed by atoms with van der Waals surface area (Å²) in [6, 6.07) is 0. The third-order valence-electron chi connectivity index (χ3n) is 3.10. The number of carbonyl (C=O) groups is 2. The van der Waals surface area contributed by atoms with Crippen molar-refractivity contribution in [1.82, 2.24) is 0 Å². The Morgan fingerprint density at radius 2 is 2.12 bits per heavy atom. The van der Waals surface area contributed by atoms with Gasteiger partial charge in [0.15, 0.2) is 15.6 Å². The van der Waals surface area contributed by atoms with Gasteiger partial charge in [0.1, 0.15) is 5.25 Å². The second-order valence-corrected chi connectivity index (χ2v) is 6.64. The molecular weight excluding hydrogens is 232 g/mol. The minimum absolute atomic E-state index is 0.0381. The smallest absolute Gasteiger partial charge is 0.311 e. The minimum atomic E-state index is -3.64. The van der Waals surface area contributed by atoms with Crippen LogP contribution >= 0.6 is 0 Å². The molecule has 1 N–H and O–H groups in total. The molecule has 1 fully saturated rings. The first kappa shape index (κ1) is 13.2. The number of sulfone groups is 1. The van der Waals surface area contributed by atoms with Gasteiger partial charge in [0.2, 0.25) is 0 Å². The van der Waals surface area contributed by atoms with Gasteiger partial charge >= 0.3 is 5.97 Å². The van der Waals surface area contributed by atoms with Gasteiger partial charge in [-0.1, -0.05) is 6.92 Å². The molecule has 0 aliphatic heterocycles. The lowest BCUT2D eigenvalue weighted by Crippen LogP contribution is -2.44. The van der Waals surface area contributed by atoms with Crippen molar-refractivity contribution < 1.29 is 23.1 Å². The van der Waals surface area contributed by atoms with E-state index in [-0.39, 0.29) is 18.6 Å². The number of hydrogen-bond donors (Lipinski definition) is 1. The molecule has 16 heavy (non-hydrogen) atoms. The quantitative estimate of drug-likeness (QED) is 0.788. The summed E-state index contributed by atoms with van der Waals surface area (Å²) in [6.45, 7) is 3.03. The molecule has 0 aromatic rings. The number of rotatable bonds is 4. The second-order valence-electron chi connectivity index (χ2n) is 4.44. The molecule has 1 aliphatic carbocycles. The van der Waals surface area contributed by atoms with Crippen molar-refractivity contribution in [1.29, 1.82) is 0 Å². The van der Waals surface area contributed by atoms with Crippen LogP contribution in [0.5, 0.6) is 0 Å². The summed E-state index contributed by atoms with van der Waals surface area (Å²) in [5.74, 6) is -1.80. The van der Waals surface area contributed by atoms with Gasteiger partial charge in [-0.15, -0.1) is 0 Å². The SMILES string of the molecule is CCCS(=O)(=O)C1C(=O)CCC1(C)C(=O)O. The fraction of sp³-hybridized carbons (Fsp3) is 0.800. The Labute approximate surface area is 94.8 Å². The highest BCUT2D eigenvalue weighted by Gasteiger charge is 2.56. The molecule has 0 radical (unpaired) electrons. The van der Waals surface area contributed by atoms with Gasteiger partial charge in [-0.05, 0) is 19.8 Å². The highest BCUT2D eigenvalue weighted by atomic mass is 32.2. The maximum absolute atomic E-state index is 11.9. The van der Waals surface area contributed by atoms with Crippen molar-refractivity contribution in [2.75, 3.05) is 5.75 Å². The fourth-order valence-corrected chi connectivity index (χ4v) is 4.55. The van der Waals surface area contributed by atoms with E-state index in [1.807, 2.05) is 0 Å². The van der Waals surface area contributed by atoms with Gasteiger partial charge in [-0.2, -0.15) is 0 Å². The zero-order chi connectivity index (χ0) is 12.6. The lowest BCUT2D eigenvalue weighted by molar-refractivity contribution is -0.148. The molecule has 92 valence electrons. The van der Waals surface area contributed by atoms with Crippen molar-refractivity contribution in [3.63, 3.8) is 0 Å². The Kier molecular flexibility index (Phi) is 3.42. The summed E-state index contributed by atoms with van der Waals surface area (Å²) < 4.78 is 23.8. The maximum Gasteiger partial charge on any atom is 0.311 e. The molecule has 0 amide bonds. The number of hydrogen-bond acceptors (Lipinski definition) is 4. The van der Waals surface area contributed by atoms with Crippen LogP contribution in [0.1, 0.15) is 33.1 Å². The van der Waals surface area contributed by atoms with Crippen molar-refractivity contribution in [3.8, 4) is 0 Å². The monoisotopic (exact) mass is 248 g/mol. The molecule has 0 saturated heterocycles. The number of Topliss-reactive ketones (excluding diaryl/α,β-unsaturated/α-hetero) is 1. The summed E-state index contributed by atoms with van der Waals surface area (Å²) in [4.78, 5) is 22.7. The first-order valence-electron chi connectivity index (χ1n) is 5.23. The standard InChI is InChI=1S/C10H16O5S/c1-3-6-16(14,15)8-7(11)4-5-10(8,2)9(12)13/h8H,3-6H2,1-2H3,(H,12,13). The molecule has 5 nitrogen and oxygen atoms in total. The van der Waals surface area contributed by atoms with E-state index in [2.05, 4.69) is 0 Å². The third-order valence-corrected chi connectivity index (χ3v) is 5.58. The van der Waals surface area contributed by atoms with E-state index in [4.69, 9.17) is 5.11 Å². The van der Waals surface area contributed by atoms with Crippen LogP contribution in [-0.4, -0.2) is 36.3 Å². The molecule has 0 spiro atoms. The normalized spacial score (nSPS) is 30.6. The van der Waals surface area contributed by atoms with Crippen LogP contribution in [0.4, 0.5) is 0 Å². The predicted molar refractivity (Wildman–Crippen MR) is 57.8 cm³/mol. The molecule has 0 heterocycles. The average Bonchev–Trinajstić information content (AvgIpc) is 2.44. The molecule has 2 atom stereocenters. The van der Waals surface area contributed by atoms with Crippen molar-refractivity contribution in [2.24, 2.45) is 5.41 Å². The Morgan fingerprint density at radius 3 is 2.56 bits per heavy atom. The molecule has 0 aromatic heterocycles. The van der Waals surface area contributed by atoms with Gasteiger partial charge < -0.3 is 5.11 Å². The van der Waals surface area contributed by atoms with Gasteiger partial charge in [-0.3, -0.25) is 9.59 Å². The van der Waals surface area contributed by atoms with E-state index in [1.165, 1.54) is 6.92 Å². The Morgan fingerprint density at radius 1 is 1.56 bits per heavy atom. The number of carboxylic acid groups (broad SMARTS) is 1. The topological polar surface area (TPSA) is 88.5 Å². The lowest BCUT2D eigenvalue weighted by Gasteiger charge is -2.25. The Hall–Kier alpha value is -0.910. The minimum Gasteiger partial charge on any atom is -0.481 e. The van der Waals surface area contributed by atoms with Crippen LogP contribution in [0.2, 0.25) is 0 Å². The summed E-state index contributed by atoms with van der Waals surface area (Å²) in [5, 5.41) is 7.71. The van der Waals surface area contributed by atoms with Crippen LogP contribution < -0.4 is 0 Å². The number of carboxylic acids is 1. The molecule has 0 bridgehead atoms. The van der Waals surface area contributed by atoms with Crippen LogP contribution in [-0.2, 0) is 19.4 Å². The van der Waals surface area contributed by atoms with E-state index >= 15 is 0 Å². The van der Waals surface area contributed by atoms with Gasteiger partial charge in [-0.25, -0.2) is 8.42 Å². The molecule has 1 rings (SSSR count). The highest BCUT2D eigenvalue weighted by molar-refractivity contribution is 7.92. The van der Waals surface area contributed by atoms with E-state index in [9.17, 15) is 18.0 Å². The summed E-state index contributed by atoms with van der Waals surface area (Å²) in [5.41, 5.74) is -1.45. The first-order chi connectivity index (χ1) is 7.25. The summed E-state index contributed by atoms with van der Waals surface area (Å²) in [6.07, 6.45) is 0.535. The van der Waals surface area contributed by atoms with Crippen molar-refractivity contribution in [3.05, 3.63) is 0 Å². The van der Waals surface area contributed by atoms with Crippen LogP contribution in [0.3, 0.4) is 0 Å². The van der Waals surface area contributed by atoms with Crippen LogP contribution in [0.25, 0.3) is 0 Å². The molecule has 6 heteroatoms. The fourth-order valence-electron chi connectivity index (χ4n) is 2.22. The molecule has 2 unspecified atom stereocenters. The summed E-state index contributed by atoms with van der Waals surface area (Å²) in [7, 11) is -3.64. The van der Waals surface area contributed by atoms with E-state index in [0.29, 0.717) is 6.42 Å². The van der Waals surface area contributed by atoms with Crippen molar-refractivity contribution >= 4 is 21.6 Å². The number of ketones is 1. The number of carbonyl (C=O) groups excluding carboxylic acids is 1. The molecular formula is C10H16O5S. The molecule has 1 saturated carbocycles. The van der Waals surface area contributed by atoms with E-state index in [0.717, 1.165) is 0 Å². The Balaban J connectivity index is 3.18. The van der Waals surface area contributed by atoms with Crippen LogP contribution in [0.15, 0.2) is 0 Å². The Bertz CT molecular complexity index is 411. The lowest BCUT2D eigenvalue weighted by atomic mass is 9.89. The average molecular weight is 248 g/mol. The van der Waals surface area contributed by atoms with Gasteiger partial charge in [0.25, 0.3) is 0 Å².